The molecular weight excluding hydrogens is 321 g/mol. The van der Waals surface area contributed by atoms with E-state index in [-0.39, 0.29) is 18.3 Å². The van der Waals surface area contributed by atoms with Gasteiger partial charge in [-0.25, -0.2) is 0 Å². The van der Waals surface area contributed by atoms with Crippen molar-refractivity contribution in [1.29, 1.82) is 0 Å². The predicted octanol–water partition coefficient (Wildman–Crippen LogP) is 2.46. The normalized spacial score (nSPS) is 25.8. The van der Waals surface area contributed by atoms with Crippen LogP contribution in [0, 0.1) is 0 Å². The van der Waals surface area contributed by atoms with Crippen molar-refractivity contribution in [1.82, 2.24) is 4.31 Å². The summed E-state index contributed by atoms with van der Waals surface area (Å²) in [7, 11) is -0.298. The quantitative estimate of drug-likeness (QED) is 0.621. The van der Waals surface area contributed by atoms with Crippen LogP contribution in [0.1, 0.15) is 52.0 Å². The fourth-order valence-electron chi connectivity index (χ4n) is 3.35. The molecule has 1 aromatic rings. The minimum atomic E-state index is -0.843. The highest BCUT2D eigenvalue weighted by Crippen LogP contribution is 2.36. The van der Waals surface area contributed by atoms with Gasteiger partial charge in [0, 0.05) is 24.5 Å². The molecule has 1 atom stereocenters. The Bertz CT molecular complexity index is 552. The summed E-state index contributed by atoms with van der Waals surface area (Å²) in [4.78, 5) is 0. The van der Waals surface area contributed by atoms with Crippen molar-refractivity contribution < 1.29 is 13.9 Å². The molecule has 1 aromatic carbocycles. The van der Waals surface area contributed by atoms with Gasteiger partial charge in [0.15, 0.2) is 0 Å². The van der Waals surface area contributed by atoms with Crippen molar-refractivity contribution in [2.75, 3.05) is 19.3 Å². The Kier molecular flexibility index (Phi) is 5.06. The number of hydrogen-bond donors (Lipinski definition) is 0. The lowest BCUT2D eigenvalue weighted by molar-refractivity contribution is 0.00578. The molecule has 2 fully saturated rings. The van der Waals surface area contributed by atoms with Crippen LogP contribution >= 0.6 is 0 Å². The van der Waals surface area contributed by atoms with Crippen LogP contribution in [0.25, 0.3) is 0 Å². The first kappa shape index (κ1) is 18.3. The third kappa shape index (κ3) is 3.53. The molecule has 1 unspecified atom stereocenters. The second kappa shape index (κ2) is 6.65. The van der Waals surface area contributed by atoms with E-state index in [2.05, 4.69) is 56.3 Å². The third-order valence-corrected chi connectivity index (χ3v) is 6.84. The molecule has 6 heteroatoms. The van der Waals surface area contributed by atoms with Gasteiger partial charge in [-0.15, -0.1) is 4.31 Å². The lowest BCUT2D eigenvalue weighted by Crippen LogP contribution is -2.41. The van der Waals surface area contributed by atoms with Crippen molar-refractivity contribution in [3.63, 3.8) is 0 Å². The molecule has 0 saturated carbocycles. The number of hydrogen-bond acceptors (Lipinski definition) is 4. The summed E-state index contributed by atoms with van der Waals surface area (Å²) in [5.74, 6) is 0.553. The molecule has 0 N–H and O–H groups in total. The molecule has 0 aromatic heterocycles. The van der Waals surface area contributed by atoms with Gasteiger partial charge in [-0.2, -0.15) is 0 Å². The van der Waals surface area contributed by atoms with Gasteiger partial charge in [0.25, 0.3) is 0 Å². The standard InChI is InChI=1S/C18H28BNO3S/c1-17(2)18(3,4)23-19(22-17)16-8-6-14(7-9-16)15-10-12-20(13-11-15)24(5)21/h6-9,15H,10-13H2,1-5H3. The summed E-state index contributed by atoms with van der Waals surface area (Å²) in [5.41, 5.74) is 1.82. The molecule has 2 aliphatic rings. The average molecular weight is 349 g/mol. The summed E-state index contributed by atoms with van der Waals surface area (Å²) in [6, 6.07) is 8.65. The van der Waals surface area contributed by atoms with E-state index in [9.17, 15) is 4.55 Å². The third-order valence-electron chi connectivity index (χ3n) is 5.75. The van der Waals surface area contributed by atoms with E-state index in [0.29, 0.717) is 5.92 Å². The van der Waals surface area contributed by atoms with E-state index < -0.39 is 11.4 Å². The number of rotatable bonds is 3. The van der Waals surface area contributed by atoms with Crippen LogP contribution in [0.2, 0.25) is 0 Å². The SMILES string of the molecule is C[S+]([O-])N1CCC(c2ccc(B3OC(C)(C)C(C)(C)O3)cc2)CC1. The summed E-state index contributed by atoms with van der Waals surface area (Å²) in [6.07, 6.45) is 3.89. The summed E-state index contributed by atoms with van der Waals surface area (Å²) < 4.78 is 25.8. The van der Waals surface area contributed by atoms with Gasteiger partial charge < -0.3 is 13.9 Å². The summed E-state index contributed by atoms with van der Waals surface area (Å²) >= 11 is -0.843. The predicted molar refractivity (Wildman–Crippen MR) is 99.8 cm³/mol. The molecule has 0 amide bonds. The Morgan fingerprint density at radius 3 is 2.00 bits per heavy atom. The van der Waals surface area contributed by atoms with Crippen LogP contribution in [0.15, 0.2) is 24.3 Å². The lowest BCUT2D eigenvalue weighted by atomic mass is 9.77. The molecule has 0 radical (unpaired) electrons. The number of piperidine rings is 1. The van der Waals surface area contributed by atoms with Crippen LogP contribution < -0.4 is 5.46 Å². The Balaban J connectivity index is 1.65. The minimum absolute atomic E-state index is 0.298. The highest BCUT2D eigenvalue weighted by atomic mass is 32.2. The molecule has 0 bridgehead atoms. The van der Waals surface area contributed by atoms with E-state index in [1.54, 1.807) is 6.26 Å². The zero-order valence-electron chi connectivity index (χ0n) is 15.4. The first-order chi connectivity index (χ1) is 11.2. The maximum Gasteiger partial charge on any atom is 0.494 e. The van der Waals surface area contributed by atoms with Crippen LogP contribution in [0.5, 0.6) is 0 Å². The molecular formula is C18H28BNO3S. The lowest BCUT2D eigenvalue weighted by Gasteiger charge is -2.32. The molecule has 2 heterocycles. The molecule has 132 valence electrons. The summed E-state index contributed by atoms with van der Waals surface area (Å²) in [5, 5.41) is 0. The zero-order chi connectivity index (χ0) is 17.5. The molecule has 0 aliphatic carbocycles. The van der Waals surface area contributed by atoms with E-state index >= 15 is 0 Å². The molecule has 2 aliphatic heterocycles. The highest BCUT2D eigenvalue weighted by Gasteiger charge is 2.51. The second-order valence-electron chi connectivity index (χ2n) is 7.88. The molecule has 24 heavy (non-hydrogen) atoms. The topological polar surface area (TPSA) is 44.8 Å². The van der Waals surface area contributed by atoms with Crippen molar-refractivity contribution >= 4 is 23.9 Å². The Morgan fingerprint density at radius 2 is 1.54 bits per heavy atom. The first-order valence-corrected chi connectivity index (χ1v) is 10.2. The monoisotopic (exact) mass is 349 g/mol. The van der Waals surface area contributed by atoms with E-state index in [1.807, 2.05) is 0 Å². The maximum absolute atomic E-state index is 11.5. The highest BCUT2D eigenvalue weighted by molar-refractivity contribution is 7.88. The average Bonchev–Trinajstić information content (AvgIpc) is 2.76. The Hall–Kier alpha value is -0.525. The van der Waals surface area contributed by atoms with Crippen LogP contribution in [-0.2, 0) is 20.7 Å². The zero-order valence-corrected chi connectivity index (χ0v) is 16.2. The minimum Gasteiger partial charge on any atom is -0.598 e. The summed E-state index contributed by atoms with van der Waals surface area (Å²) in [6.45, 7) is 10.1. The Morgan fingerprint density at radius 1 is 1.04 bits per heavy atom. The van der Waals surface area contributed by atoms with Crippen molar-refractivity contribution in [3.8, 4) is 0 Å². The van der Waals surface area contributed by atoms with Gasteiger partial charge in [-0.05, 0) is 57.5 Å². The fraction of sp³-hybridized carbons (Fsp3) is 0.667. The van der Waals surface area contributed by atoms with Gasteiger partial charge in [0.1, 0.15) is 6.26 Å². The molecule has 2 saturated heterocycles. The Labute approximate surface area is 149 Å². The largest absolute Gasteiger partial charge is 0.598 e. The first-order valence-electron chi connectivity index (χ1n) is 8.73. The van der Waals surface area contributed by atoms with Gasteiger partial charge in [0.2, 0.25) is 0 Å². The fourth-order valence-corrected chi connectivity index (χ4v) is 4.08. The van der Waals surface area contributed by atoms with E-state index in [1.165, 1.54) is 5.56 Å². The van der Waals surface area contributed by atoms with Crippen LogP contribution in [0.4, 0.5) is 0 Å². The molecule has 3 rings (SSSR count). The van der Waals surface area contributed by atoms with Crippen LogP contribution in [-0.4, -0.2) is 46.5 Å². The van der Waals surface area contributed by atoms with E-state index in [0.717, 1.165) is 31.4 Å². The van der Waals surface area contributed by atoms with Crippen LogP contribution in [0.3, 0.4) is 0 Å². The van der Waals surface area contributed by atoms with Gasteiger partial charge >= 0.3 is 7.12 Å². The smallest absolute Gasteiger partial charge is 0.494 e. The second-order valence-corrected chi connectivity index (χ2v) is 9.25. The number of nitrogens with zero attached hydrogens (tertiary/aromatic N) is 1. The van der Waals surface area contributed by atoms with Gasteiger partial charge in [-0.1, -0.05) is 24.3 Å². The maximum atomic E-state index is 11.5. The van der Waals surface area contributed by atoms with Crippen molar-refractivity contribution in [2.45, 2.75) is 57.7 Å². The van der Waals surface area contributed by atoms with E-state index in [4.69, 9.17) is 9.31 Å². The van der Waals surface area contributed by atoms with Crippen molar-refractivity contribution in [2.24, 2.45) is 0 Å². The number of benzene rings is 1. The van der Waals surface area contributed by atoms with Crippen molar-refractivity contribution in [3.05, 3.63) is 29.8 Å². The molecule has 0 spiro atoms. The van der Waals surface area contributed by atoms with Gasteiger partial charge in [0.05, 0.1) is 11.2 Å². The van der Waals surface area contributed by atoms with Gasteiger partial charge in [-0.3, -0.25) is 0 Å². The molecule has 4 nitrogen and oxygen atoms in total.